The first-order valence-electron chi connectivity index (χ1n) is 40.1. The lowest BCUT2D eigenvalue weighted by atomic mass is 10.1. The number of pyridine rings is 10. The van der Waals surface area contributed by atoms with E-state index in [1.54, 1.807) is 60.6 Å². The molecule has 0 unspecified atom stereocenters. The Kier molecular flexibility index (Phi) is 21.0. The molecule has 15 aromatic heterocycles. The van der Waals surface area contributed by atoms with Crippen LogP contribution in [-0.2, 0) is 4.74 Å². The molecular formula is C93H83N21O7. The third kappa shape index (κ3) is 15.3. The number of hydrogen-bond donors (Lipinski definition) is 3. The molecule has 2 saturated heterocycles. The first-order chi connectivity index (χ1) is 58.9. The van der Waals surface area contributed by atoms with Gasteiger partial charge in [-0.15, -0.1) is 0 Å². The molecule has 0 radical (unpaired) electrons. The molecule has 2 aliphatic heterocycles. The van der Waals surface area contributed by atoms with E-state index in [4.69, 9.17) is 24.7 Å². The van der Waals surface area contributed by atoms with Gasteiger partial charge in [0, 0.05) is 174 Å². The Bertz CT molecular complexity index is 7470. The number of esters is 1. The van der Waals surface area contributed by atoms with Crippen molar-refractivity contribution in [1.82, 2.24) is 102 Å². The quantitative estimate of drug-likeness (QED) is 0.0893. The number of nitrogens with one attached hydrogen (secondary N) is 2. The van der Waals surface area contributed by atoms with Crippen LogP contribution in [0.15, 0.2) is 244 Å². The highest BCUT2D eigenvalue weighted by Crippen LogP contribution is 2.31. The van der Waals surface area contributed by atoms with Crippen molar-refractivity contribution in [3.63, 3.8) is 0 Å². The third-order valence-corrected chi connectivity index (χ3v) is 21.8. The Morgan fingerprint density at radius 2 is 0.744 bits per heavy atom. The lowest BCUT2D eigenvalue weighted by Crippen LogP contribution is -2.55. The van der Waals surface area contributed by atoms with Crippen LogP contribution in [0.3, 0.4) is 0 Å². The van der Waals surface area contributed by atoms with E-state index >= 15 is 0 Å². The van der Waals surface area contributed by atoms with Gasteiger partial charge in [-0.3, -0.25) is 36.4 Å². The highest BCUT2D eigenvalue weighted by molar-refractivity contribution is 6.09. The SMILES string of the molecule is CCOC(=O)c1cc2cc3ccccc3nc2n2ccnc12.CN(C)CCNC(=O)c1cc2cc3ccccc3nc2n2ccnc12.CN1CCCN(C(=O)c2cc3cc4ccccc4nc3n3ccnc23)CC1.C[C@@H]1CN(C(=O)c2cc3cc4ccccc4nc3n3ccnc23)C[C@H](C)N1.O=C(O)c1cc2cc3ccccc3nc2n2ccnc12. The number of carboxylic acid groups (broad SMARTS) is 1. The molecule has 5 aromatic carbocycles. The van der Waals surface area contributed by atoms with Crippen LogP contribution in [0.4, 0.5) is 0 Å². The van der Waals surface area contributed by atoms with Crippen molar-refractivity contribution in [2.75, 3.05) is 80.1 Å². The molecule has 28 heteroatoms. The largest absolute Gasteiger partial charge is 0.478 e. The van der Waals surface area contributed by atoms with Crippen molar-refractivity contribution in [3.8, 4) is 0 Å². The number of rotatable bonds is 9. The summed E-state index contributed by atoms with van der Waals surface area (Å²) < 4.78 is 14.4. The maximum absolute atomic E-state index is 13.3. The van der Waals surface area contributed by atoms with E-state index in [2.05, 4.69) is 84.5 Å². The highest BCUT2D eigenvalue weighted by atomic mass is 16.5. The number of carbonyl (C=O) groups is 5. The van der Waals surface area contributed by atoms with E-state index < -0.39 is 5.97 Å². The van der Waals surface area contributed by atoms with Gasteiger partial charge in [0.05, 0.1) is 50.9 Å². The Labute approximate surface area is 691 Å². The van der Waals surface area contributed by atoms with Gasteiger partial charge in [-0.1, -0.05) is 91.0 Å². The fourth-order valence-corrected chi connectivity index (χ4v) is 16.1. The second-order valence-corrected chi connectivity index (χ2v) is 30.6. The summed E-state index contributed by atoms with van der Waals surface area (Å²) in [5.74, 6) is -1.39. The molecule has 0 saturated carbocycles. The number of nitrogens with zero attached hydrogens (tertiary/aromatic N) is 19. The smallest absolute Gasteiger partial charge is 0.341 e. The minimum Gasteiger partial charge on any atom is -0.478 e. The van der Waals surface area contributed by atoms with Gasteiger partial charge in [0.1, 0.15) is 39.4 Å². The molecule has 17 heterocycles. The van der Waals surface area contributed by atoms with E-state index in [1.807, 2.05) is 223 Å². The lowest BCUT2D eigenvalue weighted by molar-refractivity contribution is 0.0526. The van der Waals surface area contributed by atoms with Crippen LogP contribution < -0.4 is 10.6 Å². The molecule has 602 valence electrons. The minimum absolute atomic E-state index is 0.0291. The summed E-state index contributed by atoms with van der Waals surface area (Å²) >= 11 is 0. The molecule has 3 N–H and O–H groups in total. The van der Waals surface area contributed by atoms with E-state index in [9.17, 15) is 29.1 Å². The zero-order valence-corrected chi connectivity index (χ0v) is 67.2. The molecule has 0 aliphatic carbocycles. The molecule has 121 heavy (non-hydrogen) atoms. The summed E-state index contributed by atoms with van der Waals surface area (Å²) in [4.78, 5) is 116. The monoisotopic (exact) mass is 1610 g/mol. The Hall–Kier alpha value is -14.9. The van der Waals surface area contributed by atoms with Gasteiger partial charge in [-0.2, -0.15) is 0 Å². The van der Waals surface area contributed by atoms with E-state index in [0.717, 1.165) is 143 Å². The fourth-order valence-electron chi connectivity index (χ4n) is 16.1. The van der Waals surface area contributed by atoms with Crippen LogP contribution in [-0.4, -0.2) is 218 Å². The number of benzene rings is 5. The molecule has 28 nitrogen and oxygen atoms in total. The van der Waals surface area contributed by atoms with Crippen LogP contribution in [0.2, 0.25) is 0 Å². The van der Waals surface area contributed by atoms with Gasteiger partial charge in [-0.25, -0.2) is 59.4 Å². The number of piperazine rings is 1. The van der Waals surface area contributed by atoms with Crippen molar-refractivity contribution < 1.29 is 33.8 Å². The number of amides is 3. The molecule has 20 aromatic rings. The lowest BCUT2D eigenvalue weighted by Gasteiger charge is -2.36. The maximum atomic E-state index is 13.3. The van der Waals surface area contributed by atoms with Gasteiger partial charge in [0.15, 0.2) is 28.2 Å². The first kappa shape index (κ1) is 77.4. The van der Waals surface area contributed by atoms with Crippen LogP contribution in [0.5, 0.6) is 0 Å². The summed E-state index contributed by atoms with van der Waals surface area (Å²) in [7, 11) is 6.06. The van der Waals surface area contributed by atoms with Crippen LogP contribution in [0.1, 0.15) is 79.0 Å². The fraction of sp³-hybridized carbons (Fsp3) is 0.194. The summed E-state index contributed by atoms with van der Waals surface area (Å²) in [6, 6.07) is 59.7. The van der Waals surface area contributed by atoms with E-state index in [0.29, 0.717) is 82.4 Å². The van der Waals surface area contributed by atoms with Crippen molar-refractivity contribution in [3.05, 3.63) is 272 Å². The van der Waals surface area contributed by atoms with Crippen LogP contribution in [0.25, 0.3) is 138 Å². The maximum Gasteiger partial charge on any atom is 0.341 e. The van der Waals surface area contributed by atoms with Gasteiger partial charge >= 0.3 is 11.9 Å². The molecule has 3 amide bonds. The van der Waals surface area contributed by atoms with Gasteiger partial charge in [0.25, 0.3) is 17.7 Å². The number of aromatic carboxylic acids is 1. The zero-order chi connectivity index (χ0) is 83.1. The number of carbonyl (C=O) groups excluding carboxylic acids is 4. The molecule has 0 bridgehead atoms. The van der Waals surface area contributed by atoms with Gasteiger partial charge < -0.3 is 40.1 Å². The number of imidazole rings is 5. The average Bonchev–Trinajstić information content (AvgIpc) is 1.76. The van der Waals surface area contributed by atoms with E-state index in [1.165, 1.54) is 0 Å². The van der Waals surface area contributed by atoms with Gasteiger partial charge in [0.2, 0.25) is 0 Å². The van der Waals surface area contributed by atoms with Crippen molar-refractivity contribution in [2.45, 2.75) is 39.3 Å². The van der Waals surface area contributed by atoms with Crippen LogP contribution in [0, 0.1) is 0 Å². The highest BCUT2D eigenvalue weighted by Gasteiger charge is 2.29. The van der Waals surface area contributed by atoms with E-state index in [-0.39, 0.29) is 41.3 Å². The number of likely N-dealkylation sites (N-methyl/N-ethyl adjacent to an activating group) is 2. The summed E-state index contributed by atoms with van der Waals surface area (Å²) in [5, 5.41) is 25.4. The third-order valence-electron chi connectivity index (χ3n) is 21.8. The Morgan fingerprint density at radius 1 is 0.413 bits per heavy atom. The number of aromatic nitrogens is 15. The second kappa shape index (κ2) is 32.9. The predicted octanol–water partition coefficient (Wildman–Crippen LogP) is 13.9. The zero-order valence-electron chi connectivity index (χ0n) is 67.2. The normalized spacial score (nSPS) is 14.6. The molecule has 2 atom stereocenters. The summed E-state index contributed by atoms with van der Waals surface area (Å²) in [5.41, 5.74) is 13.9. The molecule has 2 fully saturated rings. The molecule has 0 spiro atoms. The minimum atomic E-state index is -0.990. The average molecular weight is 1610 g/mol. The standard InChI is InChI=1S/2C21H21N5O.C19H19N5O.C17H13N3O2.C15H9N3O2/c1-13-11-25(12-14(2)23-13)21(27)17-10-16-9-15-5-3-4-6-18(15)24-19(16)26-8-7-22-20(17)26;1-24-8-4-9-25(12-11-24)21(27)17-14-16-13-15-5-2-3-6-18(15)23-19(16)26-10-7-22-20(17)26;1-23(2)9-7-21-19(25)15-12-14-11-13-5-3-4-6-16(13)22-17(14)24-10-8-20-18(15)24;1-2-22-17(21)13-10-12-9-11-5-3-4-6-14(11)19-15(12)20-8-7-18-16(13)20;19-15(20)11-8-10-7-9-3-1-2-4-12(9)17-13(10)18-6-5-16-14(11)18/h3-10,13-14,23H,11-12H2,1-2H3;2-3,5-7,10,13-14H,4,8-9,11-12H2,1H3;3-6,8,10-12H,7,9H2,1-2H3,(H,21,25);3-10H,2H2,1H3;1-8H,(H,19,20)/t13-,14+;;;;. The Morgan fingerprint density at radius 3 is 1.12 bits per heavy atom. The van der Waals surface area contributed by atoms with Crippen molar-refractivity contribution in [2.24, 2.45) is 0 Å². The number of fused-ring (bicyclic) bond motifs is 20. The molecular weight excluding hydrogens is 1520 g/mol. The molecule has 22 rings (SSSR count). The van der Waals surface area contributed by atoms with Crippen molar-refractivity contribution in [1.29, 1.82) is 0 Å². The topological polar surface area (TPSA) is 303 Å². The number of ether oxygens (including phenoxy) is 1. The summed E-state index contributed by atoms with van der Waals surface area (Å²) in [6.07, 6.45) is 18.5. The number of hydrogen-bond acceptors (Lipinski definition) is 19. The van der Waals surface area contributed by atoms with Crippen molar-refractivity contribution >= 4 is 168 Å². The number of carboxylic acids is 1. The molecule has 2 aliphatic rings. The van der Waals surface area contributed by atoms with Crippen LogP contribution >= 0.6 is 0 Å². The predicted molar refractivity (Wildman–Crippen MR) is 470 cm³/mol. The Balaban J connectivity index is 0.000000104. The second-order valence-electron chi connectivity index (χ2n) is 30.6. The number of para-hydroxylation sites is 5. The van der Waals surface area contributed by atoms with Gasteiger partial charge in [-0.05, 0) is 146 Å². The summed E-state index contributed by atoms with van der Waals surface area (Å²) in [6.45, 7) is 12.6. The first-order valence-corrected chi connectivity index (χ1v) is 40.1.